The van der Waals surface area contributed by atoms with E-state index in [4.69, 9.17) is 16.6 Å². The van der Waals surface area contributed by atoms with Crippen LogP contribution in [0.25, 0.3) is 6.08 Å². The van der Waals surface area contributed by atoms with Crippen molar-refractivity contribution in [2.24, 2.45) is 4.99 Å². The number of amidine groups is 1. The van der Waals surface area contributed by atoms with Gasteiger partial charge in [-0.2, -0.15) is 0 Å². The molecule has 1 saturated heterocycles. The number of aliphatic imine (C=N–C) groups is 1. The molecule has 1 aliphatic heterocycles. The second-order valence-electron chi connectivity index (χ2n) is 5.84. The molecule has 0 saturated carbocycles. The summed E-state index contributed by atoms with van der Waals surface area (Å²) in [5, 5.41) is 1.23. The van der Waals surface area contributed by atoms with Crippen LogP contribution in [0.4, 0.5) is 11.4 Å². The Morgan fingerprint density at radius 3 is 2.19 bits per heavy atom. The lowest BCUT2D eigenvalue weighted by Gasteiger charge is -2.15. The summed E-state index contributed by atoms with van der Waals surface area (Å²) in [5.74, 6) is -0.110. The number of thioether (sulfide) groups is 1. The average Bonchev–Trinajstić information content (AvgIpc) is 3.00. The van der Waals surface area contributed by atoms with Crippen LogP contribution in [-0.2, 0) is 4.79 Å². The van der Waals surface area contributed by atoms with E-state index < -0.39 is 0 Å². The van der Waals surface area contributed by atoms with Gasteiger partial charge in [-0.05, 0) is 53.7 Å². The molecular formula is C22H15ClN2OS. The van der Waals surface area contributed by atoms with Crippen molar-refractivity contribution in [3.8, 4) is 0 Å². The zero-order valence-electron chi connectivity index (χ0n) is 14.2. The standard InChI is InChI=1S/C22H15ClN2OS/c23-19-14-8-7-9-16(19)15-20-21(26)25(18-12-5-2-6-13-18)22(27-20)24-17-10-3-1-4-11-17/h1-15H/b20-15+,24-22?. The Labute approximate surface area is 167 Å². The minimum atomic E-state index is -0.110. The number of anilines is 1. The molecule has 0 N–H and O–H groups in total. The summed E-state index contributed by atoms with van der Waals surface area (Å²) in [6, 6.07) is 26.6. The molecule has 1 fully saturated rings. The molecule has 0 unspecified atom stereocenters. The molecular weight excluding hydrogens is 376 g/mol. The number of hydrogen-bond acceptors (Lipinski definition) is 3. The molecule has 132 valence electrons. The summed E-state index contributed by atoms with van der Waals surface area (Å²) >= 11 is 7.61. The van der Waals surface area contributed by atoms with Crippen LogP contribution in [0.3, 0.4) is 0 Å². The number of carbonyl (C=O) groups is 1. The van der Waals surface area contributed by atoms with Gasteiger partial charge in [0.05, 0.1) is 16.3 Å². The first-order chi connectivity index (χ1) is 13.2. The van der Waals surface area contributed by atoms with Crippen molar-refractivity contribution in [3.05, 3.63) is 100 Å². The van der Waals surface area contributed by atoms with Crippen LogP contribution < -0.4 is 4.90 Å². The Bertz CT molecular complexity index is 1030. The fraction of sp³-hybridized carbons (Fsp3) is 0. The van der Waals surface area contributed by atoms with E-state index in [0.29, 0.717) is 15.1 Å². The quantitative estimate of drug-likeness (QED) is 0.502. The van der Waals surface area contributed by atoms with Gasteiger partial charge in [-0.15, -0.1) is 0 Å². The number of hydrogen-bond donors (Lipinski definition) is 0. The summed E-state index contributed by atoms with van der Waals surface area (Å²) in [6.45, 7) is 0. The lowest BCUT2D eigenvalue weighted by molar-refractivity contribution is -0.113. The van der Waals surface area contributed by atoms with Gasteiger partial charge < -0.3 is 0 Å². The zero-order valence-corrected chi connectivity index (χ0v) is 15.8. The lowest BCUT2D eigenvalue weighted by Crippen LogP contribution is -2.28. The summed E-state index contributed by atoms with van der Waals surface area (Å²) in [4.78, 5) is 20.1. The normalized spacial score (nSPS) is 17.1. The highest BCUT2D eigenvalue weighted by molar-refractivity contribution is 8.19. The second kappa shape index (κ2) is 7.82. The zero-order chi connectivity index (χ0) is 18.6. The van der Waals surface area contributed by atoms with Gasteiger partial charge in [0.1, 0.15) is 0 Å². The maximum Gasteiger partial charge on any atom is 0.271 e. The SMILES string of the molecule is O=C1/C(=C\c2ccccc2Cl)SC(=Nc2ccccc2)N1c1ccccc1. The minimum Gasteiger partial charge on any atom is -0.268 e. The molecule has 3 nitrogen and oxygen atoms in total. The molecule has 0 aliphatic carbocycles. The van der Waals surface area contributed by atoms with Gasteiger partial charge in [-0.25, -0.2) is 4.99 Å². The number of rotatable bonds is 3. The van der Waals surface area contributed by atoms with Crippen molar-refractivity contribution in [2.45, 2.75) is 0 Å². The summed E-state index contributed by atoms with van der Waals surface area (Å²) < 4.78 is 0. The molecule has 27 heavy (non-hydrogen) atoms. The average molecular weight is 391 g/mol. The van der Waals surface area contributed by atoms with Crippen LogP contribution in [0.5, 0.6) is 0 Å². The highest BCUT2D eigenvalue weighted by Crippen LogP contribution is 2.37. The van der Waals surface area contributed by atoms with Gasteiger partial charge in [0.25, 0.3) is 5.91 Å². The lowest BCUT2D eigenvalue weighted by atomic mass is 10.2. The highest BCUT2D eigenvalue weighted by Gasteiger charge is 2.34. The van der Waals surface area contributed by atoms with E-state index in [2.05, 4.69) is 0 Å². The predicted octanol–water partition coefficient (Wildman–Crippen LogP) is 6.15. The van der Waals surface area contributed by atoms with Crippen molar-refractivity contribution < 1.29 is 4.79 Å². The first kappa shape index (κ1) is 17.6. The van der Waals surface area contributed by atoms with E-state index in [1.54, 1.807) is 4.90 Å². The molecule has 0 spiro atoms. The minimum absolute atomic E-state index is 0.110. The number of carbonyl (C=O) groups excluding carboxylic acids is 1. The van der Waals surface area contributed by atoms with Gasteiger partial charge in [-0.1, -0.05) is 66.2 Å². The third kappa shape index (κ3) is 3.82. The van der Waals surface area contributed by atoms with Gasteiger partial charge in [-0.3, -0.25) is 9.69 Å². The van der Waals surface area contributed by atoms with E-state index in [1.807, 2.05) is 91.0 Å². The Kier molecular flexibility index (Phi) is 5.10. The first-order valence-electron chi connectivity index (χ1n) is 8.40. The molecule has 0 aromatic heterocycles. The van der Waals surface area contributed by atoms with E-state index in [0.717, 1.165) is 16.9 Å². The second-order valence-corrected chi connectivity index (χ2v) is 7.25. The van der Waals surface area contributed by atoms with Crippen molar-refractivity contribution in [3.63, 3.8) is 0 Å². The van der Waals surface area contributed by atoms with Crippen LogP contribution in [0, 0.1) is 0 Å². The maximum absolute atomic E-state index is 13.1. The Hall–Kier alpha value is -2.82. The van der Waals surface area contributed by atoms with Crippen LogP contribution in [0.15, 0.2) is 94.8 Å². The fourth-order valence-electron chi connectivity index (χ4n) is 2.70. The monoisotopic (exact) mass is 390 g/mol. The van der Waals surface area contributed by atoms with Gasteiger partial charge in [0.15, 0.2) is 5.17 Å². The molecule has 1 amide bonds. The molecule has 1 aliphatic rings. The van der Waals surface area contributed by atoms with Crippen LogP contribution in [-0.4, -0.2) is 11.1 Å². The van der Waals surface area contributed by atoms with E-state index in [1.165, 1.54) is 11.8 Å². The molecule has 3 aromatic carbocycles. The number of benzene rings is 3. The van der Waals surface area contributed by atoms with Crippen molar-refractivity contribution in [1.29, 1.82) is 0 Å². The van der Waals surface area contributed by atoms with E-state index >= 15 is 0 Å². The van der Waals surface area contributed by atoms with Crippen molar-refractivity contribution in [2.75, 3.05) is 4.90 Å². The maximum atomic E-state index is 13.1. The molecule has 0 bridgehead atoms. The van der Waals surface area contributed by atoms with Gasteiger partial charge >= 0.3 is 0 Å². The Balaban J connectivity index is 1.79. The van der Waals surface area contributed by atoms with E-state index in [-0.39, 0.29) is 5.91 Å². The summed E-state index contributed by atoms with van der Waals surface area (Å²) in [7, 11) is 0. The summed E-state index contributed by atoms with van der Waals surface area (Å²) in [5.41, 5.74) is 2.39. The third-order valence-corrected chi connectivity index (χ3v) is 5.31. The van der Waals surface area contributed by atoms with Crippen LogP contribution >= 0.6 is 23.4 Å². The third-order valence-electron chi connectivity index (χ3n) is 3.99. The van der Waals surface area contributed by atoms with Crippen molar-refractivity contribution in [1.82, 2.24) is 0 Å². The smallest absolute Gasteiger partial charge is 0.268 e. The van der Waals surface area contributed by atoms with Gasteiger partial charge in [0, 0.05) is 5.02 Å². The van der Waals surface area contributed by atoms with E-state index in [9.17, 15) is 4.79 Å². The predicted molar refractivity (Wildman–Crippen MR) is 114 cm³/mol. The van der Waals surface area contributed by atoms with Crippen LogP contribution in [0.2, 0.25) is 5.02 Å². The number of halogens is 1. The first-order valence-corrected chi connectivity index (χ1v) is 9.59. The Morgan fingerprint density at radius 1 is 0.852 bits per heavy atom. The molecule has 4 rings (SSSR count). The molecule has 3 aromatic rings. The van der Waals surface area contributed by atoms with Crippen molar-refractivity contribution >= 4 is 51.9 Å². The number of para-hydroxylation sites is 2. The largest absolute Gasteiger partial charge is 0.271 e. The Morgan fingerprint density at radius 2 is 1.48 bits per heavy atom. The molecule has 0 atom stereocenters. The fourth-order valence-corrected chi connectivity index (χ4v) is 3.88. The molecule has 1 heterocycles. The number of amides is 1. The number of nitrogens with zero attached hydrogens (tertiary/aromatic N) is 2. The molecule has 0 radical (unpaired) electrons. The molecule has 5 heteroatoms. The highest BCUT2D eigenvalue weighted by atomic mass is 35.5. The van der Waals surface area contributed by atoms with Crippen LogP contribution in [0.1, 0.15) is 5.56 Å². The van der Waals surface area contributed by atoms with Gasteiger partial charge in [0.2, 0.25) is 0 Å². The summed E-state index contributed by atoms with van der Waals surface area (Å²) in [6.07, 6.45) is 1.82. The topological polar surface area (TPSA) is 32.7 Å².